The van der Waals surface area contributed by atoms with Crippen molar-refractivity contribution in [2.75, 3.05) is 37.8 Å². The highest BCUT2D eigenvalue weighted by atomic mass is 31.2. The number of hydrogen-bond acceptors (Lipinski definition) is 5. The number of rotatable bonds is 5. The number of hydrogen-bond donors (Lipinski definition) is 3. The van der Waals surface area contributed by atoms with Crippen LogP contribution in [0.3, 0.4) is 0 Å². The lowest BCUT2D eigenvalue weighted by Crippen LogP contribution is -2.36. The number of ether oxygens (including phenoxy) is 1. The molecule has 0 radical (unpaired) electrons. The van der Waals surface area contributed by atoms with Crippen molar-refractivity contribution in [3.63, 3.8) is 0 Å². The Balaban J connectivity index is 1.69. The number of carbonyl (C=O) groups excluding carboxylic acids is 1. The Bertz CT molecular complexity index is 680. The summed E-state index contributed by atoms with van der Waals surface area (Å²) in [4.78, 5) is 36.7. The van der Waals surface area contributed by atoms with E-state index >= 15 is 0 Å². The molecule has 1 fully saturated rings. The molecule has 2 aliphatic heterocycles. The number of nitrogens with one attached hydrogen (secondary N) is 1. The van der Waals surface area contributed by atoms with Gasteiger partial charge >= 0.3 is 7.60 Å². The highest BCUT2D eigenvalue weighted by molar-refractivity contribution is 7.51. The van der Waals surface area contributed by atoms with Crippen molar-refractivity contribution in [1.82, 2.24) is 10.3 Å². The minimum absolute atomic E-state index is 0.0440. The molecule has 1 aromatic heterocycles. The Kier molecular flexibility index (Phi) is 5.32. The van der Waals surface area contributed by atoms with Crippen LogP contribution in [0.5, 0.6) is 5.88 Å². The quantitative estimate of drug-likeness (QED) is 0.668. The molecule has 1 amide bonds. The first-order valence-electron chi connectivity index (χ1n) is 8.53. The molecular formula is C16H24N3O5P. The zero-order valence-electron chi connectivity index (χ0n) is 14.3. The number of nitrogens with zero attached hydrogens (tertiary/aromatic N) is 2. The topological polar surface area (TPSA) is 112 Å². The number of carbonyl (C=O) groups is 1. The van der Waals surface area contributed by atoms with Crippen LogP contribution in [0, 0.1) is 5.92 Å². The summed E-state index contributed by atoms with van der Waals surface area (Å²) in [7, 11) is -2.40. The van der Waals surface area contributed by atoms with E-state index in [2.05, 4.69) is 15.2 Å². The lowest BCUT2D eigenvalue weighted by molar-refractivity contribution is 0.0941. The summed E-state index contributed by atoms with van der Waals surface area (Å²) in [6.45, 7) is 2.18. The molecule has 2 aliphatic rings. The van der Waals surface area contributed by atoms with Gasteiger partial charge in [-0.3, -0.25) is 9.36 Å². The number of amides is 1. The third-order valence-electron chi connectivity index (χ3n) is 4.92. The minimum Gasteiger partial charge on any atom is -0.480 e. The SMILES string of the molecule is COc1nc(N2CCC(CCP(=O)(O)O)CC2)cc2c1C(=O)NCC2. The normalized spacial score (nSPS) is 18.7. The van der Waals surface area contributed by atoms with Gasteiger partial charge in [0.05, 0.1) is 13.3 Å². The number of methoxy groups -OCH3 is 1. The van der Waals surface area contributed by atoms with Gasteiger partial charge in [0.1, 0.15) is 11.4 Å². The van der Waals surface area contributed by atoms with Crippen LogP contribution >= 0.6 is 7.60 Å². The van der Waals surface area contributed by atoms with E-state index in [1.54, 1.807) is 0 Å². The second-order valence-electron chi connectivity index (χ2n) is 6.64. The van der Waals surface area contributed by atoms with E-state index in [0.717, 1.165) is 43.7 Å². The summed E-state index contributed by atoms with van der Waals surface area (Å²) in [5.41, 5.74) is 1.48. The molecule has 0 saturated carbocycles. The largest absolute Gasteiger partial charge is 0.480 e. The maximum atomic E-state index is 12.0. The fourth-order valence-electron chi connectivity index (χ4n) is 3.51. The van der Waals surface area contributed by atoms with Gasteiger partial charge in [0, 0.05) is 19.6 Å². The van der Waals surface area contributed by atoms with E-state index in [-0.39, 0.29) is 12.1 Å². The molecule has 0 bridgehead atoms. The zero-order valence-corrected chi connectivity index (χ0v) is 15.2. The van der Waals surface area contributed by atoms with Crippen molar-refractivity contribution >= 4 is 19.3 Å². The third kappa shape index (κ3) is 4.32. The highest BCUT2D eigenvalue weighted by Gasteiger charge is 2.27. The van der Waals surface area contributed by atoms with Crippen molar-refractivity contribution in [2.45, 2.75) is 25.7 Å². The van der Waals surface area contributed by atoms with E-state index in [1.807, 2.05) is 6.07 Å². The van der Waals surface area contributed by atoms with Crippen LogP contribution in [0.4, 0.5) is 5.82 Å². The molecular weight excluding hydrogens is 345 g/mol. The van der Waals surface area contributed by atoms with Crippen molar-refractivity contribution in [2.24, 2.45) is 5.92 Å². The number of aromatic nitrogens is 1. The second-order valence-corrected chi connectivity index (χ2v) is 8.41. The summed E-state index contributed by atoms with van der Waals surface area (Å²) in [6.07, 6.45) is 3.02. The van der Waals surface area contributed by atoms with E-state index in [1.165, 1.54) is 7.11 Å². The van der Waals surface area contributed by atoms with E-state index in [4.69, 9.17) is 14.5 Å². The minimum atomic E-state index is -3.92. The molecule has 0 aromatic carbocycles. The number of fused-ring (bicyclic) bond motifs is 1. The van der Waals surface area contributed by atoms with Crippen molar-refractivity contribution in [3.05, 3.63) is 17.2 Å². The summed E-state index contributed by atoms with van der Waals surface area (Å²) in [5, 5.41) is 2.81. The predicted molar refractivity (Wildman–Crippen MR) is 93.3 cm³/mol. The highest BCUT2D eigenvalue weighted by Crippen LogP contribution is 2.38. The lowest BCUT2D eigenvalue weighted by Gasteiger charge is -2.33. The molecule has 0 spiro atoms. The number of pyridine rings is 1. The van der Waals surface area contributed by atoms with E-state index in [9.17, 15) is 9.36 Å². The molecule has 3 rings (SSSR count). The second kappa shape index (κ2) is 7.32. The maximum absolute atomic E-state index is 12.0. The zero-order chi connectivity index (χ0) is 18.0. The molecule has 8 nitrogen and oxygen atoms in total. The van der Waals surface area contributed by atoms with Gasteiger partial charge in [0.25, 0.3) is 5.91 Å². The molecule has 0 unspecified atom stereocenters. The summed E-state index contributed by atoms with van der Waals surface area (Å²) < 4.78 is 16.3. The molecule has 1 aromatic rings. The van der Waals surface area contributed by atoms with Crippen LogP contribution in [-0.2, 0) is 11.0 Å². The van der Waals surface area contributed by atoms with Crippen LogP contribution in [0.25, 0.3) is 0 Å². The Morgan fingerprint density at radius 2 is 2.12 bits per heavy atom. The summed E-state index contributed by atoms with van der Waals surface area (Å²) in [6, 6.07) is 1.96. The molecule has 3 heterocycles. The molecule has 0 aliphatic carbocycles. The van der Waals surface area contributed by atoms with Gasteiger partial charge in [0.15, 0.2) is 0 Å². The first-order valence-corrected chi connectivity index (χ1v) is 10.3. The van der Waals surface area contributed by atoms with Gasteiger partial charge in [-0.2, -0.15) is 4.98 Å². The van der Waals surface area contributed by atoms with Crippen molar-refractivity contribution < 1.29 is 23.9 Å². The molecule has 9 heteroatoms. The number of piperidine rings is 1. The van der Waals surface area contributed by atoms with Crippen LogP contribution < -0.4 is 15.0 Å². The molecule has 138 valence electrons. The van der Waals surface area contributed by atoms with Crippen LogP contribution in [0.2, 0.25) is 0 Å². The van der Waals surface area contributed by atoms with E-state index in [0.29, 0.717) is 30.3 Å². The fourth-order valence-corrected chi connectivity index (χ4v) is 4.21. The molecule has 1 saturated heterocycles. The lowest BCUT2D eigenvalue weighted by atomic mass is 9.94. The summed E-state index contributed by atoms with van der Waals surface area (Å²) >= 11 is 0. The average Bonchev–Trinajstić information content (AvgIpc) is 2.59. The smallest absolute Gasteiger partial charge is 0.325 e. The molecule has 3 N–H and O–H groups in total. The summed E-state index contributed by atoms with van der Waals surface area (Å²) in [5.74, 6) is 1.34. The Labute approximate surface area is 146 Å². The monoisotopic (exact) mass is 369 g/mol. The molecule has 0 atom stereocenters. The van der Waals surface area contributed by atoms with Gasteiger partial charge < -0.3 is 24.7 Å². The van der Waals surface area contributed by atoms with Crippen molar-refractivity contribution in [3.8, 4) is 5.88 Å². The van der Waals surface area contributed by atoms with Gasteiger partial charge in [-0.1, -0.05) is 0 Å². The first-order chi connectivity index (χ1) is 11.9. The van der Waals surface area contributed by atoms with E-state index < -0.39 is 7.60 Å². The molecule has 25 heavy (non-hydrogen) atoms. The Morgan fingerprint density at radius 3 is 2.76 bits per heavy atom. The van der Waals surface area contributed by atoms with Crippen LogP contribution in [0.15, 0.2) is 6.07 Å². The standard InChI is InChI=1S/C16H24N3O5P/c1-24-16-14-12(2-6-17-15(14)20)10-13(18-16)19-7-3-11(4-8-19)5-9-25(21,22)23/h10-11H,2-9H2,1H3,(H,17,20)(H2,21,22,23). The van der Waals surface area contributed by atoms with Gasteiger partial charge in [-0.25, -0.2) is 0 Å². The Morgan fingerprint density at radius 1 is 1.40 bits per heavy atom. The fraction of sp³-hybridized carbons (Fsp3) is 0.625. The predicted octanol–water partition coefficient (Wildman–Crippen LogP) is 1.16. The van der Waals surface area contributed by atoms with Gasteiger partial charge in [0.2, 0.25) is 5.88 Å². The van der Waals surface area contributed by atoms with Crippen LogP contribution in [0.1, 0.15) is 35.2 Å². The average molecular weight is 369 g/mol. The maximum Gasteiger partial charge on any atom is 0.325 e. The third-order valence-corrected chi connectivity index (χ3v) is 5.76. The first kappa shape index (κ1) is 18.2. The number of anilines is 1. The van der Waals surface area contributed by atoms with Crippen LogP contribution in [-0.4, -0.2) is 53.6 Å². The Hall–Kier alpha value is -1.63. The van der Waals surface area contributed by atoms with Crippen molar-refractivity contribution in [1.29, 1.82) is 0 Å². The van der Waals surface area contributed by atoms with Gasteiger partial charge in [-0.05, 0) is 43.2 Å². The van der Waals surface area contributed by atoms with Gasteiger partial charge in [-0.15, -0.1) is 0 Å².